The third kappa shape index (κ3) is 4.02. The van der Waals surface area contributed by atoms with Crippen LogP contribution in [0.5, 0.6) is 0 Å². The SMILES string of the molecule is ClC(c1ccccc1)c1nnc(CCC2CCCCO2)s1. The fourth-order valence-corrected chi connectivity index (χ4v) is 3.74. The van der Waals surface area contributed by atoms with Crippen LogP contribution in [0, 0.1) is 0 Å². The minimum Gasteiger partial charge on any atom is -0.378 e. The summed E-state index contributed by atoms with van der Waals surface area (Å²) >= 11 is 8.09. The summed E-state index contributed by atoms with van der Waals surface area (Å²) in [6, 6.07) is 10.0. The van der Waals surface area contributed by atoms with E-state index in [9.17, 15) is 0 Å². The van der Waals surface area contributed by atoms with Crippen LogP contribution in [0.25, 0.3) is 0 Å². The summed E-state index contributed by atoms with van der Waals surface area (Å²) in [6.07, 6.45) is 6.02. The van der Waals surface area contributed by atoms with Crippen LogP contribution < -0.4 is 0 Å². The van der Waals surface area contributed by atoms with Crippen molar-refractivity contribution in [2.24, 2.45) is 0 Å². The Morgan fingerprint density at radius 3 is 2.86 bits per heavy atom. The summed E-state index contributed by atoms with van der Waals surface area (Å²) < 4.78 is 5.75. The van der Waals surface area contributed by atoms with E-state index in [0.717, 1.165) is 35.0 Å². The van der Waals surface area contributed by atoms with Gasteiger partial charge in [0.05, 0.1) is 6.10 Å². The molecule has 112 valence electrons. The topological polar surface area (TPSA) is 35.0 Å². The smallest absolute Gasteiger partial charge is 0.139 e. The van der Waals surface area contributed by atoms with Gasteiger partial charge in [-0.25, -0.2) is 0 Å². The van der Waals surface area contributed by atoms with Gasteiger partial charge in [-0.3, -0.25) is 0 Å². The third-order valence-electron chi connectivity index (χ3n) is 3.75. The summed E-state index contributed by atoms with van der Waals surface area (Å²) in [5, 5.41) is 10.3. The summed E-state index contributed by atoms with van der Waals surface area (Å²) in [5.74, 6) is 0. The van der Waals surface area contributed by atoms with Gasteiger partial charge in [0, 0.05) is 13.0 Å². The molecule has 2 atom stereocenters. The summed E-state index contributed by atoms with van der Waals surface area (Å²) in [7, 11) is 0. The van der Waals surface area contributed by atoms with Gasteiger partial charge in [-0.1, -0.05) is 41.7 Å². The number of nitrogens with zero attached hydrogens (tertiary/aromatic N) is 2. The molecular weight excluding hydrogens is 304 g/mol. The molecule has 1 aromatic heterocycles. The quantitative estimate of drug-likeness (QED) is 0.767. The van der Waals surface area contributed by atoms with E-state index in [-0.39, 0.29) is 5.38 Å². The van der Waals surface area contributed by atoms with Crippen LogP contribution in [0.1, 0.15) is 46.6 Å². The van der Waals surface area contributed by atoms with Crippen LogP contribution in [0.4, 0.5) is 0 Å². The molecule has 1 aromatic carbocycles. The fourth-order valence-electron chi connectivity index (χ4n) is 2.55. The van der Waals surface area contributed by atoms with Crippen molar-refractivity contribution in [2.75, 3.05) is 6.61 Å². The molecule has 0 spiro atoms. The number of rotatable bonds is 5. The molecule has 1 saturated heterocycles. The fraction of sp³-hybridized carbons (Fsp3) is 0.500. The minimum atomic E-state index is -0.205. The van der Waals surface area contributed by atoms with Gasteiger partial charge in [0.15, 0.2) is 0 Å². The molecule has 2 heterocycles. The number of benzene rings is 1. The highest BCUT2D eigenvalue weighted by atomic mass is 35.5. The lowest BCUT2D eigenvalue weighted by molar-refractivity contribution is 0.0115. The number of alkyl halides is 1. The van der Waals surface area contributed by atoms with Gasteiger partial charge in [-0.15, -0.1) is 21.8 Å². The normalized spacial score (nSPS) is 20.3. The second kappa shape index (κ2) is 7.34. The molecule has 0 radical (unpaired) electrons. The Hall–Kier alpha value is -0.970. The van der Waals surface area contributed by atoms with E-state index in [0.29, 0.717) is 6.10 Å². The van der Waals surface area contributed by atoms with Gasteiger partial charge >= 0.3 is 0 Å². The van der Waals surface area contributed by atoms with E-state index in [1.807, 2.05) is 30.3 Å². The van der Waals surface area contributed by atoms with Gasteiger partial charge in [-0.2, -0.15) is 0 Å². The molecule has 5 heteroatoms. The molecule has 0 aliphatic carbocycles. The highest BCUT2D eigenvalue weighted by Gasteiger charge is 2.18. The van der Waals surface area contributed by atoms with Crippen LogP contribution in [-0.4, -0.2) is 22.9 Å². The van der Waals surface area contributed by atoms with E-state index >= 15 is 0 Å². The van der Waals surface area contributed by atoms with Crippen LogP contribution in [-0.2, 0) is 11.2 Å². The number of aryl methyl sites for hydroxylation is 1. The van der Waals surface area contributed by atoms with Crippen molar-refractivity contribution < 1.29 is 4.74 Å². The predicted octanol–water partition coefficient (Wildman–Crippen LogP) is 4.37. The van der Waals surface area contributed by atoms with Gasteiger partial charge in [0.25, 0.3) is 0 Å². The molecule has 3 rings (SSSR count). The summed E-state index contributed by atoms with van der Waals surface area (Å²) in [4.78, 5) is 0. The molecule has 1 aliphatic heterocycles. The highest BCUT2D eigenvalue weighted by molar-refractivity contribution is 7.11. The first-order chi connectivity index (χ1) is 10.3. The van der Waals surface area contributed by atoms with Crippen LogP contribution in [0.15, 0.2) is 30.3 Å². The largest absolute Gasteiger partial charge is 0.378 e. The monoisotopic (exact) mass is 322 g/mol. The maximum atomic E-state index is 6.48. The Morgan fingerprint density at radius 2 is 2.10 bits per heavy atom. The predicted molar refractivity (Wildman–Crippen MR) is 86.0 cm³/mol. The van der Waals surface area contributed by atoms with Crippen molar-refractivity contribution in [3.63, 3.8) is 0 Å². The van der Waals surface area contributed by atoms with E-state index in [4.69, 9.17) is 16.3 Å². The van der Waals surface area contributed by atoms with Crippen molar-refractivity contribution in [3.8, 4) is 0 Å². The molecule has 0 amide bonds. The van der Waals surface area contributed by atoms with Crippen molar-refractivity contribution in [1.29, 1.82) is 0 Å². The lowest BCUT2D eigenvalue weighted by Crippen LogP contribution is -2.19. The standard InChI is InChI=1S/C16H19ClN2OS/c17-15(12-6-2-1-3-7-12)16-19-18-14(21-16)10-9-13-8-4-5-11-20-13/h1-3,6-7,13,15H,4-5,8-11H2. The lowest BCUT2D eigenvalue weighted by Gasteiger charge is -2.21. The van der Waals surface area contributed by atoms with Gasteiger partial charge < -0.3 is 4.74 Å². The van der Waals surface area contributed by atoms with E-state index in [1.54, 1.807) is 11.3 Å². The average Bonchev–Trinajstić information content (AvgIpc) is 3.03. The zero-order valence-electron chi connectivity index (χ0n) is 11.9. The van der Waals surface area contributed by atoms with Crippen molar-refractivity contribution in [3.05, 3.63) is 45.9 Å². The summed E-state index contributed by atoms with van der Waals surface area (Å²) in [5.41, 5.74) is 1.07. The third-order valence-corrected chi connectivity index (χ3v) is 5.38. The van der Waals surface area contributed by atoms with Crippen molar-refractivity contribution in [2.45, 2.75) is 43.6 Å². The molecule has 3 nitrogen and oxygen atoms in total. The van der Waals surface area contributed by atoms with Gasteiger partial charge in [0.1, 0.15) is 15.4 Å². The average molecular weight is 323 g/mol. The molecular formula is C16H19ClN2OS. The van der Waals surface area contributed by atoms with E-state index < -0.39 is 0 Å². The van der Waals surface area contributed by atoms with Crippen LogP contribution in [0.2, 0.25) is 0 Å². The van der Waals surface area contributed by atoms with Gasteiger partial charge in [0.2, 0.25) is 0 Å². The number of aromatic nitrogens is 2. The Bertz CT molecular complexity index is 554. The molecule has 0 N–H and O–H groups in total. The van der Waals surface area contributed by atoms with E-state index in [2.05, 4.69) is 10.2 Å². The van der Waals surface area contributed by atoms with E-state index in [1.165, 1.54) is 19.3 Å². The Balaban J connectivity index is 1.58. The second-order valence-electron chi connectivity index (χ2n) is 5.33. The molecule has 21 heavy (non-hydrogen) atoms. The number of hydrogen-bond donors (Lipinski definition) is 0. The number of hydrogen-bond acceptors (Lipinski definition) is 4. The van der Waals surface area contributed by atoms with Gasteiger partial charge in [-0.05, 0) is 31.2 Å². The van der Waals surface area contributed by atoms with Crippen LogP contribution in [0.3, 0.4) is 0 Å². The molecule has 1 fully saturated rings. The van der Waals surface area contributed by atoms with Crippen molar-refractivity contribution in [1.82, 2.24) is 10.2 Å². The highest BCUT2D eigenvalue weighted by Crippen LogP contribution is 2.31. The number of halogens is 1. The molecule has 1 aliphatic rings. The molecule has 0 saturated carbocycles. The molecule has 2 aromatic rings. The van der Waals surface area contributed by atoms with Crippen molar-refractivity contribution >= 4 is 22.9 Å². The Morgan fingerprint density at radius 1 is 1.24 bits per heavy atom. The Kier molecular flexibility index (Phi) is 5.22. The first kappa shape index (κ1) is 14.9. The zero-order chi connectivity index (χ0) is 14.5. The second-order valence-corrected chi connectivity index (χ2v) is 6.86. The lowest BCUT2D eigenvalue weighted by atomic mass is 10.1. The zero-order valence-corrected chi connectivity index (χ0v) is 13.4. The van der Waals surface area contributed by atoms with Crippen LogP contribution >= 0.6 is 22.9 Å². The minimum absolute atomic E-state index is 0.205. The first-order valence-electron chi connectivity index (χ1n) is 7.46. The first-order valence-corrected chi connectivity index (χ1v) is 8.71. The summed E-state index contributed by atoms with van der Waals surface area (Å²) in [6.45, 7) is 0.907. The maximum Gasteiger partial charge on any atom is 0.139 e. The molecule has 0 bridgehead atoms. The Labute approximate surface area is 134 Å². The maximum absolute atomic E-state index is 6.48. The molecule has 2 unspecified atom stereocenters. The number of ether oxygens (including phenoxy) is 1.